The van der Waals surface area contributed by atoms with Crippen LogP contribution in [-0.4, -0.2) is 0 Å². The quantitative estimate of drug-likeness (QED) is 0.482. The minimum absolute atomic E-state index is 0.762. The summed E-state index contributed by atoms with van der Waals surface area (Å²) in [5.41, 5.74) is 0.762. The van der Waals surface area contributed by atoms with E-state index < -0.39 is 0 Å². The van der Waals surface area contributed by atoms with Gasteiger partial charge in [0.2, 0.25) is 0 Å². The minimum Gasteiger partial charge on any atom is -0.0620 e. The molecule has 0 aromatic carbocycles. The van der Waals surface area contributed by atoms with Crippen molar-refractivity contribution in [3.05, 3.63) is 0 Å². The maximum Gasteiger partial charge on any atom is -0.0241 e. The van der Waals surface area contributed by atoms with Crippen LogP contribution >= 0.6 is 0 Å². The van der Waals surface area contributed by atoms with Crippen LogP contribution in [0.1, 0.15) is 40.0 Å². The van der Waals surface area contributed by atoms with Crippen LogP contribution < -0.4 is 0 Å². The second kappa shape index (κ2) is 1.78. The molecule has 0 heterocycles. The van der Waals surface area contributed by atoms with E-state index >= 15 is 0 Å². The molecule has 0 radical (unpaired) electrons. The Balaban J connectivity index is 2.16. The third-order valence-corrected chi connectivity index (χ3v) is 4.49. The summed E-state index contributed by atoms with van der Waals surface area (Å²) in [4.78, 5) is 0. The van der Waals surface area contributed by atoms with Gasteiger partial charge in [-0.3, -0.25) is 0 Å². The van der Waals surface area contributed by atoms with Crippen molar-refractivity contribution in [1.29, 1.82) is 0 Å². The van der Waals surface area contributed by atoms with E-state index in [1.807, 2.05) is 0 Å². The molecule has 0 heteroatoms. The summed E-state index contributed by atoms with van der Waals surface area (Å²) in [7, 11) is 0. The van der Waals surface area contributed by atoms with Gasteiger partial charge in [0, 0.05) is 0 Å². The number of hydrogen-bond donors (Lipinski definition) is 0. The molecule has 0 saturated heterocycles. The molecular formula is C10H18. The molecule has 0 aromatic rings. The summed E-state index contributed by atoms with van der Waals surface area (Å²) in [5.74, 6) is 3.13. The lowest BCUT2D eigenvalue weighted by Gasteiger charge is -2.25. The van der Waals surface area contributed by atoms with E-state index in [9.17, 15) is 0 Å². The van der Waals surface area contributed by atoms with E-state index in [0.717, 1.165) is 23.2 Å². The third kappa shape index (κ3) is 0.580. The van der Waals surface area contributed by atoms with Crippen LogP contribution in [0.3, 0.4) is 0 Å². The van der Waals surface area contributed by atoms with Crippen molar-refractivity contribution >= 4 is 0 Å². The Morgan fingerprint density at radius 1 is 1.20 bits per heavy atom. The predicted molar refractivity (Wildman–Crippen MR) is 43.8 cm³/mol. The van der Waals surface area contributed by atoms with Crippen molar-refractivity contribution in [2.45, 2.75) is 40.0 Å². The Morgan fingerprint density at radius 3 is 2.40 bits per heavy atom. The van der Waals surface area contributed by atoms with Crippen LogP contribution in [0.4, 0.5) is 0 Å². The molecule has 10 heavy (non-hydrogen) atoms. The largest absolute Gasteiger partial charge is 0.0620 e. The molecular weight excluding hydrogens is 120 g/mol. The van der Waals surface area contributed by atoms with E-state index in [-0.39, 0.29) is 0 Å². The normalized spacial score (nSPS) is 59.7. The van der Waals surface area contributed by atoms with Crippen LogP contribution in [-0.2, 0) is 0 Å². The Labute approximate surface area is 64.0 Å². The fourth-order valence-electron chi connectivity index (χ4n) is 3.19. The zero-order chi connectivity index (χ0) is 7.35. The van der Waals surface area contributed by atoms with Gasteiger partial charge in [0.25, 0.3) is 0 Å². The van der Waals surface area contributed by atoms with Gasteiger partial charge in [-0.15, -0.1) is 0 Å². The molecule has 0 aliphatic heterocycles. The van der Waals surface area contributed by atoms with Gasteiger partial charge in [-0.1, -0.05) is 33.6 Å². The predicted octanol–water partition coefficient (Wildman–Crippen LogP) is 3.08. The Morgan fingerprint density at radius 2 is 1.90 bits per heavy atom. The van der Waals surface area contributed by atoms with Crippen molar-refractivity contribution < 1.29 is 0 Å². The second-order valence-corrected chi connectivity index (χ2v) is 4.59. The average Bonchev–Trinajstić information content (AvgIpc) is 2.42. The Bertz CT molecular complexity index is 142. The lowest BCUT2D eigenvalue weighted by Crippen LogP contribution is -2.16. The summed E-state index contributed by atoms with van der Waals surface area (Å²) in [6.07, 6.45) is 4.49. The molecule has 0 aromatic heterocycles. The first-order valence-corrected chi connectivity index (χ1v) is 4.67. The van der Waals surface area contributed by atoms with E-state index in [0.29, 0.717) is 0 Å². The summed E-state index contributed by atoms with van der Waals surface area (Å²) < 4.78 is 0. The maximum absolute atomic E-state index is 2.49. The van der Waals surface area contributed by atoms with Crippen molar-refractivity contribution in [2.24, 2.45) is 23.2 Å². The SMILES string of the molecule is CC1C2CCC[C@H](C)C12C. The molecule has 0 bridgehead atoms. The first kappa shape index (κ1) is 6.69. The first-order chi connectivity index (χ1) is 4.67. The topological polar surface area (TPSA) is 0 Å². The molecule has 2 rings (SSSR count). The van der Waals surface area contributed by atoms with Gasteiger partial charge in [-0.05, 0) is 29.6 Å². The maximum atomic E-state index is 2.49. The Kier molecular flexibility index (Phi) is 1.19. The van der Waals surface area contributed by atoms with Crippen LogP contribution in [0.25, 0.3) is 0 Å². The highest BCUT2D eigenvalue weighted by Gasteiger charge is 2.61. The van der Waals surface area contributed by atoms with Crippen LogP contribution in [0, 0.1) is 23.2 Å². The van der Waals surface area contributed by atoms with E-state index in [2.05, 4.69) is 20.8 Å². The van der Waals surface area contributed by atoms with Crippen LogP contribution in [0.2, 0.25) is 0 Å². The first-order valence-electron chi connectivity index (χ1n) is 4.67. The fourth-order valence-corrected chi connectivity index (χ4v) is 3.19. The lowest BCUT2D eigenvalue weighted by molar-refractivity contribution is 0.249. The zero-order valence-electron chi connectivity index (χ0n) is 7.35. The molecule has 0 spiro atoms. The average molecular weight is 138 g/mol. The molecule has 0 nitrogen and oxygen atoms in total. The Hall–Kier alpha value is 0. The molecule has 2 fully saturated rings. The summed E-state index contributed by atoms with van der Waals surface area (Å²) in [6.45, 7) is 7.37. The molecule has 2 saturated carbocycles. The van der Waals surface area contributed by atoms with Crippen molar-refractivity contribution in [3.63, 3.8) is 0 Å². The van der Waals surface area contributed by atoms with E-state index in [1.54, 1.807) is 0 Å². The van der Waals surface area contributed by atoms with Crippen molar-refractivity contribution in [3.8, 4) is 0 Å². The minimum atomic E-state index is 0.762. The van der Waals surface area contributed by atoms with Crippen molar-refractivity contribution in [2.75, 3.05) is 0 Å². The van der Waals surface area contributed by atoms with Crippen LogP contribution in [0.15, 0.2) is 0 Å². The van der Waals surface area contributed by atoms with Gasteiger partial charge in [-0.25, -0.2) is 0 Å². The molecule has 2 aliphatic rings. The van der Waals surface area contributed by atoms with Gasteiger partial charge < -0.3 is 0 Å². The molecule has 0 N–H and O–H groups in total. The smallest absolute Gasteiger partial charge is 0.0241 e. The van der Waals surface area contributed by atoms with E-state index in [1.165, 1.54) is 19.3 Å². The van der Waals surface area contributed by atoms with Gasteiger partial charge in [0.15, 0.2) is 0 Å². The highest BCUT2D eigenvalue weighted by atomic mass is 14.7. The van der Waals surface area contributed by atoms with Gasteiger partial charge >= 0.3 is 0 Å². The summed E-state index contributed by atoms with van der Waals surface area (Å²) >= 11 is 0. The molecule has 4 atom stereocenters. The second-order valence-electron chi connectivity index (χ2n) is 4.59. The fraction of sp³-hybridized carbons (Fsp3) is 1.00. The van der Waals surface area contributed by atoms with Gasteiger partial charge in [0.1, 0.15) is 0 Å². The highest BCUT2D eigenvalue weighted by molar-refractivity contribution is 5.09. The van der Waals surface area contributed by atoms with Gasteiger partial charge in [-0.2, -0.15) is 0 Å². The monoisotopic (exact) mass is 138 g/mol. The molecule has 58 valence electrons. The van der Waals surface area contributed by atoms with Crippen LogP contribution in [0.5, 0.6) is 0 Å². The molecule has 2 aliphatic carbocycles. The summed E-state index contributed by atoms with van der Waals surface area (Å²) in [5, 5.41) is 0. The molecule has 3 unspecified atom stereocenters. The number of rotatable bonds is 0. The van der Waals surface area contributed by atoms with Gasteiger partial charge in [0.05, 0.1) is 0 Å². The standard InChI is InChI=1S/C10H18/c1-7-5-4-6-9-8(2)10(7,9)3/h7-9H,4-6H2,1-3H3/t7-,8?,9?,10?/m0/s1. The number of hydrogen-bond acceptors (Lipinski definition) is 0. The lowest BCUT2D eigenvalue weighted by atomic mass is 9.80. The third-order valence-electron chi connectivity index (χ3n) is 4.49. The van der Waals surface area contributed by atoms with Crippen molar-refractivity contribution in [1.82, 2.24) is 0 Å². The highest BCUT2D eigenvalue weighted by Crippen LogP contribution is 2.68. The van der Waals surface area contributed by atoms with E-state index in [4.69, 9.17) is 0 Å². The zero-order valence-corrected chi connectivity index (χ0v) is 7.35. The molecule has 0 amide bonds. The number of fused-ring (bicyclic) bond motifs is 1. The summed E-state index contributed by atoms with van der Waals surface area (Å²) in [6, 6.07) is 0.